The number of methoxy groups -OCH3 is 2. The van der Waals surface area contributed by atoms with Crippen molar-refractivity contribution in [2.45, 2.75) is 180 Å². The van der Waals surface area contributed by atoms with Crippen molar-refractivity contribution in [3.8, 4) is 11.5 Å². The van der Waals surface area contributed by atoms with Crippen LogP contribution in [0.2, 0.25) is 0 Å². The highest BCUT2D eigenvalue weighted by Crippen LogP contribution is 2.42. The molecular formula is C60H90O5. The quantitative estimate of drug-likeness (QED) is 0.0323. The summed E-state index contributed by atoms with van der Waals surface area (Å²) in [5.41, 5.74) is 2.17. The smallest absolute Gasteiger partial charge is 0.143 e. The lowest BCUT2D eigenvalue weighted by Gasteiger charge is -2.37. The van der Waals surface area contributed by atoms with Gasteiger partial charge in [0.05, 0.1) is 27.4 Å². The van der Waals surface area contributed by atoms with Crippen LogP contribution in [-0.2, 0) is 19.8 Å². The molecule has 0 amide bonds. The standard InChI is InChI=1S/C60H90O5/c1-5-7-9-11-13-15-17-19-21-23-25-27-29-31-33-38-50-63-52-59(64-51-39-34-32-30-28-26-24-22-20-18-16-14-12-10-8-6-2)53-65-60(54-40-36-35-37-41-54,55-42-46-57(61-3)47-43-55)56-44-48-58(62-4)49-45-56/h13-16,19-22,35-37,40-49,59H,5-12,17-18,23-34,38-39,50-53H2,1-4H3. The largest absolute Gasteiger partial charge is 0.497 e. The number of ether oxygens (including phenoxy) is 5. The second kappa shape index (κ2) is 38.2. The summed E-state index contributed by atoms with van der Waals surface area (Å²) in [6.07, 6.45) is 48.0. The molecule has 3 rings (SSSR count). The van der Waals surface area contributed by atoms with Gasteiger partial charge in [0.1, 0.15) is 23.2 Å². The van der Waals surface area contributed by atoms with Crippen molar-refractivity contribution >= 4 is 0 Å². The molecule has 0 saturated heterocycles. The number of hydrogen-bond acceptors (Lipinski definition) is 5. The number of rotatable bonds is 41. The summed E-state index contributed by atoms with van der Waals surface area (Å²) in [6.45, 7) is 6.83. The van der Waals surface area contributed by atoms with Crippen LogP contribution in [0.4, 0.5) is 0 Å². The first-order valence-corrected chi connectivity index (χ1v) is 26.0. The molecule has 5 nitrogen and oxygen atoms in total. The van der Waals surface area contributed by atoms with Gasteiger partial charge in [0.2, 0.25) is 0 Å². The fourth-order valence-electron chi connectivity index (χ4n) is 8.18. The Labute approximate surface area is 398 Å². The summed E-state index contributed by atoms with van der Waals surface area (Å²) in [6, 6.07) is 27.0. The molecule has 0 aliphatic rings. The molecule has 0 N–H and O–H groups in total. The van der Waals surface area contributed by atoms with E-state index >= 15 is 0 Å². The maximum absolute atomic E-state index is 7.26. The molecule has 1 atom stereocenters. The number of unbranched alkanes of at least 4 members (excludes halogenated alkanes) is 18. The van der Waals surface area contributed by atoms with Gasteiger partial charge in [-0.05, 0) is 118 Å². The van der Waals surface area contributed by atoms with Gasteiger partial charge in [0, 0.05) is 13.2 Å². The minimum atomic E-state index is -0.901. The van der Waals surface area contributed by atoms with Crippen LogP contribution in [0.3, 0.4) is 0 Å². The van der Waals surface area contributed by atoms with E-state index in [1.165, 1.54) is 128 Å². The third-order valence-electron chi connectivity index (χ3n) is 12.2. The Morgan fingerprint density at radius 3 is 1.26 bits per heavy atom. The minimum Gasteiger partial charge on any atom is -0.497 e. The van der Waals surface area contributed by atoms with Crippen LogP contribution in [0, 0.1) is 0 Å². The van der Waals surface area contributed by atoms with Gasteiger partial charge >= 0.3 is 0 Å². The second-order valence-corrected chi connectivity index (χ2v) is 17.6. The van der Waals surface area contributed by atoms with E-state index in [0.29, 0.717) is 19.8 Å². The van der Waals surface area contributed by atoms with Crippen molar-refractivity contribution in [2.75, 3.05) is 40.6 Å². The van der Waals surface area contributed by atoms with E-state index in [2.05, 4.69) is 117 Å². The summed E-state index contributed by atoms with van der Waals surface area (Å²) >= 11 is 0. The van der Waals surface area contributed by atoms with E-state index in [9.17, 15) is 0 Å². The molecule has 65 heavy (non-hydrogen) atoms. The molecule has 0 fully saturated rings. The van der Waals surface area contributed by atoms with E-state index in [1.807, 2.05) is 24.3 Å². The third-order valence-corrected chi connectivity index (χ3v) is 12.2. The molecule has 5 heteroatoms. The van der Waals surface area contributed by atoms with Crippen LogP contribution >= 0.6 is 0 Å². The van der Waals surface area contributed by atoms with Gasteiger partial charge < -0.3 is 23.7 Å². The van der Waals surface area contributed by atoms with Gasteiger partial charge in [-0.15, -0.1) is 0 Å². The summed E-state index contributed by atoms with van der Waals surface area (Å²) in [7, 11) is 3.40. The summed E-state index contributed by atoms with van der Waals surface area (Å²) in [5, 5.41) is 0. The van der Waals surface area contributed by atoms with Crippen molar-refractivity contribution in [3.05, 3.63) is 144 Å². The van der Waals surface area contributed by atoms with Crippen molar-refractivity contribution in [2.24, 2.45) is 0 Å². The lowest BCUT2D eigenvalue weighted by molar-refractivity contribution is -0.0923. The van der Waals surface area contributed by atoms with Gasteiger partial charge in [-0.1, -0.05) is 194 Å². The Kier molecular flexibility index (Phi) is 32.6. The number of allylic oxidation sites excluding steroid dienone is 8. The molecule has 0 aliphatic carbocycles. The molecule has 0 aliphatic heterocycles. The molecule has 0 aromatic heterocycles. The lowest BCUT2D eigenvalue weighted by atomic mass is 9.80. The van der Waals surface area contributed by atoms with Crippen LogP contribution < -0.4 is 9.47 Å². The molecule has 3 aromatic rings. The van der Waals surface area contributed by atoms with E-state index in [1.54, 1.807) is 14.2 Å². The molecule has 360 valence electrons. The van der Waals surface area contributed by atoms with Gasteiger partial charge in [0.25, 0.3) is 0 Å². The van der Waals surface area contributed by atoms with Gasteiger partial charge in [-0.3, -0.25) is 0 Å². The Morgan fingerprint density at radius 2 is 0.815 bits per heavy atom. The molecular weight excluding hydrogens is 801 g/mol. The fourth-order valence-corrected chi connectivity index (χ4v) is 8.18. The summed E-state index contributed by atoms with van der Waals surface area (Å²) in [4.78, 5) is 0. The maximum atomic E-state index is 7.26. The van der Waals surface area contributed by atoms with E-state index < -0.39 is 5.60 Å². The van der Waals surface area contributed by atoms with E-state index in [-0.39, 0.29) is 6.10 Å². The van der Waals surface area contributed by atoms with Crippen LogP contribution in [0.25, 0.3) is 0 Å². The van der Waals surface area contributed by atoms with Crippen LogP contribution in [0.5, 0.6) is 11.5 Å². The Hall–Kier alpha value is -3.90. The van der Waals surface area contributed by atoms with Gasteiger partial charge in [0.15, 0.2) is 0 Å². The molecule has 0 spiro atoms. The molecule has 0 radical (unpaired) electrons. The zero-order valence-electron chi connectivity index (χ0n) is 41.5. The Bertz CT molecular complexity index is 1590. The van der Waals surface area contributed by atoms with E-state index in [0.717, 1.165) is 60.5 Å². The first kappa shape index (κ1) is 55.4. The highest BCUT2D eigenvalue weighted by molar-refractivity contribution is 5.49. The third kappa shape index (κ3) is 24.4. The highest BCUT2D eigenvalue weighted by Gasteiger charge is 2.38. The number of benzene rings is 3. The average Bonchev–Trinajstić information content (AvgIpc) is 3.35. The monoisotopic (exact) mass is 891 g/mol. The van der Waals surface area contributed by atoms with Crippen LogP contribution in [-0.4, -0.2) is 46.8 Å². The predicted molar refractivity (Wildman–Crippen MR) is 278 cm³/mol. The highest BCUT2D eigenvalue weighted by atomic mass is 16.6. The first-order valence-electron chi connectivity index (χ1n) is 26.0. The zero-order chi connectivity index (χ0) is 46.1. The predicted octanol–water partition coefficient (Wildman–Crippen LogP) is 17.0. The molecule has 0 saturated carbocycles. The lowest BCUT2D eigenvalue weighted by Crippen LogP contribution is -2.37. The summed E-state index contributed by atoms with van der Waals surface area (Å²) in [5.74, 6) is 1.61. The van der Waals surface area contributed by atoms with Gasteiger partial charge in [-0.2, -0.15) is 0 Å². The van der Waals surface area contributed by atoms with Gasteiger partial charge in [-0.25, -0.2) is 0 Å². The second-order valence-electron chi connectivity index (χ2n) is 17.6. The van der Waals surface area contributed by atoms with E-state index in [4.69, 9.17) is 23.7 Å². The molecule has 0 bridgehead atoms. The normalized spacial score (nSPS) is 12.7. The Morgan fingerprint density at radius 1 is 0.415 bits per heavy atom. The maximum Gasteiger partial charge on any atom is 0.143 e. The van der Waals surface area contributed by atoms with Crippen molar-refractivity contribution in [1.29, 1.82) is 0 Å². The fraction of sp³-hybridized carbons (Fsp3) is 0.567. The van der Waals surface area contributed by atoms with Crippen molar-refractivity contribution in [1.82, 2.24) is 0 Å². The molecule has 0 heterocycles. The van der Waals surface area contributed by atoms with Crippen LogP contribution in [0.1, 0.15) is 185 Å². The van der Waals surface area contributed by atoms with Crippen LogP contribution in [0.15, 0.2) is 127 Å². The SMILES string of the molecule is CCCCCC=CCC=CCCCCCCCCOCC(COC(c1ccccc1)(c1ccc(OC)cc1)c1ccc(OC)cc1)OCCCCCCCCC=CCC=CCCCCC. The number of hydrogen-bond donors (Lipinski definition) is 0. The van der Waals surface area contributed by atoms with Crippen molar-refractivity contribution in [3.63, 3.8) is 0 Å². The first-order chi connectivity index (χ1) is 32.2. The molecule has 3 aromatic carbocycles. The average molecular weight is 891 g/mol. The zero-order valence-corrected chi connectivity index (χ0v) is 41.5. The topological polar surface area (TPSA) is 46.2 Å². The van der Waals surface area contributed by atoms with Crippen molar-refractivity contribution < 1.29 is 23.7 Å². The minimum absolute atomic E-state index is 0.211. The summed E-state index contributed by atoms with van der Waals surface area (Å²) < 4.78 is 31.4. The molecule has 1 unspecified atom stereocenters. The Balaban J connectivity index is 1.53.